The van der Waals surface area contributed by atoms with Gasteiger partial charge in [-0.25, -0.2) is 0 Å². The van der Waals surface area contributed by atoms with E-state index in [0.717, 1.165) is 49.3 Å². The van der Waals surface area contributed by atoms with Gasteiger partial charge in [-0.15, -0.1) is 0 Å². The van der Waals surface area contributed by atoms with E-state index in [9.17, 15) is 14.7 Å². The highest BCUT2D eigenvalue weighted by Gasteiger charge is 2.44. The molecule has 4 rings (SSSR count). The summed E-state index contributed by atoms with van der Waals surface area (Å²) in [5.41, 5.74) is 2.37. The van der Waals surface area contributed by atoms with Gasteiger partial charge in [0.1, 0.15) is 5.41 Å². The number of carbonyl (C=O) groups is 2. The zero-order chi connectivity index (χ0) is 20.4. The highest BCUT2D eigenvalue weighted by Crippen LogP contribution is 2.34. The number of benzene rings is 2. The molecule has 0 aliphatic carbocycles. The molecule has 152 valence electrons. The Morgan fingerprint density at radius 3 is 2.76 bits per heavy atom. The quantitative estimate of drug-likeness (QED) is 0.698. The van der Waals surface area contributed by atoms with Crippen LogP contribution in [0.25, 0.3) is 0 Å². The van der Waals surface area contributed by atoms with Crippen LogP contribution in [0.15, 0.2) is 48.5 Å². The van der Waals surface area contributed by atoms with Crippen molar-refractivity contribution in [3.05, 3.63) is 59.7 Å². The lowest BCUT2D eigenvalue weighted by molar-refractivity contribution is -0.136. The minimum atomic E-state index is -1.16. The standard InChI is InChI=1S/C23H27N3O3/c1-23(14-17-6-2-3-8-20(17)25-22(23)29)21(28)24-18-7-4-5-16(13-18)15-26-11-9-19(27)10-12-26/h2-8,13,19,27H,9-12,14-15H2,1H3,(H,24,28)(H,25,29). The number of carbonyl (C=O) groups excluding carboxylic acids is 2. The molecule has 29 heavy (non-hydrogen) atoms. The highest BCUT2D eigenvalue weighted by atomic mass is 16.3. The number of para-hydroxylation sites is 1. The number of anilines is 2. The van der Waals surface area contributed by atoms with E-state index in [1.807, 2.05) is 48.5 Å². The van der Waals surface area contributed by atoms with Crippen molar-refractivity contribution in [1.82, 2.24) is 4.90 Å². The van der Waals surface area contributed by atoms with Crippen LogP contribution in [0.2, 0.25) is 0 Å². The van der Waals surface area contributed by atoms with Gasteiger partial charge in [0.25, 0.3) is 0 Å². The smallest absolute Gasteiger partial charge is 0.240 e. The zero-order valence-electron chi connectivity index (χ0n) is 16.6. The molecular weight excluding hydrogens is 366 g/mol. The van der Waals surface area contributed by atoms with E-state index in [1.165, 1.54) is 0 Å². The van der Waals surface area contributed by atoms with Gasteiger partial charge >= 0.3 is 0 Å². The molecule has 6 heteroatoms. The lowest BCUT2D eigenvalue weighted by Crippen LogP contribution is -2.48. The Balaban J connectivity index is 1.45. The predicted octanol–water partition coefficient (Wildman–Crippen LogP) is 2.78. The van der Waals surface area contributed by atoms with E-state index in [0.29, 0.717) is 12.1 Å². The van der Waals surface area contributed by atoms with Crippen LogP contribution in [0.3, 0.4) is 0 Å². The van der Waals surface area contributed by atoms with Crippen LogP contribution in [0.4, 0.5) is 11.4 Å². The Morgan fingerprint density at radius 1 is 1.21 bits per heavy atom. The van der Waals surface area contributed by atoms with Crippen LogP contribution in [-0.2, 0) is 22.6 Å². The molecule has 2 aliphatic heterocycles. The number of hydrogen-bond donors (Lipinski definition) is 3. The molecule has 2 amide bonds. The molecule has 1 unspecified atom stereocenters. The van der Waals surface area contributed by atoms with Crippen molar-refractivity contribution in [1.29, 1.82) is 0 Å². The van der Waals surface area contributed by atoms with Gasteiger partial charge in [-0.3, -0.25) is 14.5 Å². The summed E-state index contributed by atoms with van der Waals surface area (Å²) in [7, 11) is 0. The van der Waals surface area contributed by atoms with Crippen LogP contribution in [0, 0.1) is 5.41 Å². The van der Waals surface area contributed by atoms with Gasteiger partial charge in [-0.2, -0.15) is 0 Å². The number of likely N-dealkylation sites (tertiary alicyclic amines) is 1. The fraction of sp³-hybridized carbons (Fsp3) is 0.391. The molecule has 0 aromatic heterocycles. The Labute approximate surface area is 170 Å². The lowest BCUT2D eigenvalue weighted by Gasteiger charge is -2.32. The van der Waals surface area contributed by atoms with Crippen LogP contribution < -0.4 is 10.6 Å². The summed E-state index contributed by atoms with van der Waals surface area (Å²) in [4.78, 5) is 28.0. The number of fused-ring (bicyclic) bond motifs is 1. The third kappa shape index (κ3) is 4.18. The number of hydrogen-bond acceptors (Lipinski definition) is 4. The number of nitrogens with one attached hydrogen (secondary N) is 2. The molecule has 0 saturated carbocycles. The monoisotopic (exact) mass is 393 g/mol. The summed E-state index contributed by atoms with van der Waals surface area (Å²) in [6.45, 7) is 4.21. The van der Waals surface area contributed by atoms with E-state index in [2.05, 4.69) is 15.5 Å². The van der Waals surface area contributed by atoms with Gasteiger partial charge in [0.2, 0.25) is 11.8 Å². The van der Waals surface area contributed by atoms with Crippen LogP contribution in [0.5, 0.6) is 0 Å². The SMILES string of the molecule is CC1(C(=O)Nc2cccc(CN3CCC(O)CC3)c2)Cc2ccccc2NC1=O. The lowest BCUT2D eigenvalue weighted by atomic mass is 9.78. The molecule has 1 atom stereocenters. The molecule has 0 bridgehead atoms. The first-order valence-corrected chi connectivity index (χ1v) is 10.1. The van der Waals surface area contributed by atoms with Gasteiger partial charge in [0.15, 0.2) is 0 Å². The van der Waals surface area contributed by atoms with Crippen molar-refractivity contribution in [2.24, 2.45) is 5.41 Å². The maximum atomic E-state index is 13.0. The van der Waals surface area contributed by atoms with Gasteiger partial charge in [-0.05, 0) is 55.5 Å². The third-order valence-corrected chi connectivity index (χ3v) is 5.96. The van der Waals surface area contributed by atoms with Crippen molar-refractivity contribution >= 4 is 23.2 Å². The number of aliphatic hydroxyl groups excluding tert-OH is 1. The highest BCUT2D eigenvalue weighted by molar-refractivity contribution is 6.16. The molecular formula is C23H27N3O3. The number of aliphatic hydroxyl groups is 1. The first-order chi connectivity index (χ1) is 13.9. The van der Waals surface area contributed by atoms with Crippen LogP contribution in [0.1, 0.15) is 30.9 Å². The van der Waals surface area contributed by atoms with E-state index in [4.69, 9.17) is 0 Å². The average Bonchev–Trinajstić information content (AvgIpc) is 2.71. The summed E-state index contributed by atoms with van der Waals surface area (Å²) in [5.74, 6) is -0.584. The van der Waals surface area contributed by atoms with Crippen molar-refractivity contribution in [3.8, 4) is 0 Å². The van der Waals surface area contributed by atoms with E-state index < -0.39 is 5.41 Å². The molecule has 3 N–H and O–H groups in total. The molecule has 0 radical (unpaired) electrons. The first kappa shape index (κ1) is 19.6. The normalized spacial score (nSPS) is 22.6. The summed E-state index contributed by atoms with van der Waals surface area (Å²) < 4.78 is 0. The average molecular weight is 393 g/mol. The fourth-order valence-electron chi connectivity index (χ4n) is 4.05. The van der Waals surface area contributed by atoms with Crippen molar-refractivity contribution in [2.45, 2.75) is 38.8 Å². The Morgan fingerprint density at radius 2 is 1.97 bits per heavy atom. The molecule has 2 heterocycles. The molecule has 2 aromatic rings. The van der Waals surface area contributed by atoms with E-state index in [1.54, 1.807) is 6.92 Å². The van der Waals surface area contributed by atoms with Crippen molar-refractivity contribution in [2.75, 3.05) is 23.7 Å². The minimum absolute atomic E-state index is 0.190. The van der Waals surface area contributed by atoms with Crippen LogP contribution in [-0.4, -0.2) is 41.0 Å². The zero-order valence-corrected chi connectivity index (χ0v) is 16.6. The molecule has 1 fully saturated rings. The predicted molar refractivity (Wildman–Crippen MR) is 112 cm³/mol. The van der Waals surface area contributed by atoms with Crippen molar-refractivity contribution < 1.29 is 14.7 Å². The second-order valence-electron chi connectivity index (χ2n) is 8.28. The number of amides is 2. The van der Waals surface area contributed by atoms with E-state index in [-0.39, 0.29) is 17.9 Å². The first-order valence-electron chi connectivity index (χ1n) is 10.1. The second kappa shape index (κ2) is 7.97. The minimum Gasteiger partial charge on any atom is -0.393 e. The van der Waals surface area contributed by atoms with Gasteiger partial charge < -0.3 is 15.7 Å². The molecule has 6 nitrogen and oxygen atoms in total. The maximum Gasteiger partial charge on any atom is 0.240 e. The molecule has 0 spiro atoms. The third-order valence-electron chi connectivity index (χ3n) is 5.96. The topological polar surface area (TPSA) is 81.7 Å². The molecule has 2 aliphatic rings. The maximum absolute atomic E-state index is 13.0. The molecule has 1 saturated heterocycles. The van der Waals surface area contributed by atoms with Gasteiger partial charge in [0.05, 0.1) is 6.10 Å². The summed E-state index contributed by atoms with van der Waals surface area (Å²) in [6.07, 6.45) is 1.78. The van der Waals surface area contributed by atoms with Gasteiger partial charge in [-0.1, -0.05) is 30.3 Å². The summed E-state index contributed by atoms with van der Waals surface area (Å²) in [5, 5.41) is 15.5. The Bertz CT molecular complexity index is 921. The van der Waals surface area contributed by atoms with Crippen LogP contribution >= 0.6 is 0 Å². The Kier molecular flexibility index (Phi) is 5.39. The Hall–Kier alpha value is -2.70. The fourth-order valence-corrected chi connectivity index (χ4v) is 4.05. The van der Waals surface area contributed by atoms with Gasteiger partial charge in [0, 0.05) is 31.0 Å². The summed E-state index contributed by atoms with van der Waals surface area (Å²) in [6, 6.07) is 15.3. The summed E-state index contributed by atoms with van der Waals surface area (Å²) >= 11 is 0. The number of piperidine rings is 1. The van der Waals surface area contributed by atoms with E-state index >= 15 is 0 Å². The number of nitrogens with zero attached hydrogens (tertiary/aromatic N) is 1. The second-order valence-corrected chi connectivity index (χ2v) is 8.28. The molecule has 2 aromatic carbocycles. The number of rotatable bonds is 4. The largest absolute Gasteiger partial charge is 0.393 e. The van der Waals surface area contributed by atoms with Crippen molar-refractivity contribution in [3.63, 3.8) is 0 Å².